The summed E-state index contributed by atoms with van der Waals surface area (Å²) in [6.07, 6.45) is 0.730. The van der Waals surface area contributed by atoms with Crippen molar-refractivity contribution in [2.75, 3.05) is 39.9 Å². The molecule has 2 rings (SSSR count). The highest BCUT2D eigenvalue weighted by Crippen LogP contribution is 2.39. The fourth-order valence-electron chi connectivity index (χ4n) is 2.64. The number of amides is 1. The Kier molecular flexibility index (Phi) is 8.68. The predicted molar refractivity (Wildman–Crippen MR) is 112 cm³/mol. The second-order valence-corrected chi connectivity index (χ2v) is 6.22. The van der Waals surface area contributed by atoms with Crippen molar-refractivity contribution in [2.45, 2.75) is 13.3 Å². The van der Waals surface area contributed by atoms with E-state index in [0.29, 0.717) is 23.6 Å². The van der Waals surface area contributed by atoms with E-state index in [1.165, 1.54) is 45.6 Å². The molecule has 0 saturated carbocycles. The monoisotopic (exact) mass is 431 g/mol. The lowest BCUT2D eigenvalue weighted by atomic mass is 10.1. The summed E-state index contributed by atoms with van der Waals surface area (Å²) >= 11 is 0. The van der Waals surface area contributed by atoms with Gasteiger partial charge in [-0.25, -0.2) is 9.59 Å². The molecule has 0 radical (unpaired) electrons. The Balaban J connectivity index is 1.97. The van der Waals surface area contributed by atoms with Crippen molar-refractivity contribution in [1.82, 2.24) is 0 Å². The standard InChI is InChI=1S/C22H25NO8/c1-5-12-30-21(25)14-6-8-15(9-7-14)23-18(24)13-31-22(26)16-10-11-17(27-2)20(29-4)19(16)28-3/h6-11H,5,12-13H2,1-4H3,(H,23,24). The number of anilines is 1. The third kappa shape index (κ3) is 6.11. The topological polar surface area (TPSA) is 109 Å². The zero-order valence-corrected chi connectivity index (χ0v) is 17.9. The lowest BCUT2D eigenvalue weighted by Gasteiger charge is -2.15. The van der Waals surface area contributed by atoms with E-state index < -0.39 is 24.5 Å². The number of carbonyl (C=O) groups is 3. The predicted octanol–water partition coefficient (Wildman–Crippen LogP) is 3.07. The molecule has 0 atom stereocenters. The molecule has 0 unspecified atom stereocenters. The highest BCUT2D eigenvalue weighted by Gasteiger charge is 2.22. The quantitative estimate of drug-likeness (QED) is 0.572. The van der Waals surface area contributed by atoms with Gasteiger partial charge in [0.05, 0.1) is 33.5 Å². The van der Waals surface area contributed by atoms with Crippen molar-refractivity contribution in [3.05, 3.63) is 47.5 Å². The van der Waals surface area contributed by atoms with Gasteiger partial charge >= 0.3 is 11.9 Å². The maximum Gasteiger partial charge on any atom is 0.342 e. The van der Waals surface area contributed by atoms with E-state index in [-0.39, 0.29) is 17.1 Å². The van der Waals surface area contributed by atoms with Crippen LogP contribution in [0.5, 0.6) is 17.2 Å². The average molecular weight is 431 g/mol. The normalized spacial score (nSPS) is 10.1. The second kappa shape index (κ2) is 11.4. The van der Waals surface area contributed by atoms with Gasteiger partial charge in [-0.15, -0.1) is 0 Å². The molecule has 166 valence electrons. The van der Waals surface area contributed by atoms with Crippen molar-refractivity contribution >= 4 is 23.5 Å². The number of ether oxygens (including phenoxy) is 5. The van der Waals surface area contributed by atoms with Crippen LogP contribution in [0, 0.1) is 0 Å². The molecule has 0 aromatic heterocycles. The molecule has 0 saturated heterocycles. The zero-order valence-electron chi connectivity index (χ0n) is 17.9. The molecule has 0 spiro atoms. The van der Waals surface area contributed by atoms with Gasteiger partial charge in [0.25, 0.3) is 5.91 Å². The summed E-state index contributed by atoms with van der Waals surface area (Å²) in [4.78, 5) is 36.3. The van der Waals surface area contributed by atoms with Crippen LogP contribution in [0.3, 0.4) is 0 Å². The Morgan fingerprint density at radius 2 is 1.48 bits per heavy atom. The van der Waals surface area contributed by atoms with Crippen LogP contribution in [0.4, 0.5) is 5.69 Å². The minimum atomic E-state index is -0.762. The van der Waals surface area contributed by atoms with Gasteiger partial charge < -0.3 is 29.0 Å². The number of hydrogen-bond acceptors (Lipinski definition) is 8. The molecule has 2 aromatic carbocycles. The van der Waals surface area contributed by atoms with Crippen LogP contribution in [-0.2, 0) is 14.3 Å². The molecule has 0 fully saturated rings. The number of esters is 2. The molecule has 0 aliphatic rings. The summed E-state index contributed by atoms with van der Waals surface area (Å²) < 4.78 is 25.8. The summed E-state index contributed by atoms with van der Waals surface area (Å²) in [5.74, 6) is -0.983. The van der Waals surface area contributed by atoms with Gasteiger partial charge in [0.1, 0.15) is 5.56 Å². The third-order valence-electron chi connectivity index (χ3n) is 4.10. The maximum absolute atomic E-state index is 12.4. The Morgan fingerprint density at radius 1 is 0.806 bits per heavy atom. The Bertz CT molecular complexity index is 924. The van der Waals surface area contributed by atoms with E-state index in [1.807, 2.05) is 6.92 Å². The van der Waals surface area contributed by atoms with E-state index in [4.69, 9.17) is 23.7 Å². The summed E-state index contributed by atoms with van der Waals surface area (Å²) in [5, 5.41) is 2.58. The number of hydrogen-bond donors (Lipinski definition) is 1. The number of rotatable bonds is 10. The third-order valence-corrected chi connectivity index (χ3v) is 4.10. The molecule has 0 aliphatic carbocycles. The molecule has 9 nitrogen and oxygen atoms in total. The van der Waals surface area contributed by atoms with E-state index in [9.17, 15) is 14.4 Å². The molecule has 1 amide bonds. The van der Waals surface area contributed by atoms with Gasteiger partial charge in [0.15, 0.2) is 18.1 Å². The summed E-state index contributed by atoms with van der Waals surface area (Å²) in [6, 6.07) is 9.17. The van der Waals surface area contributed by atoms with Crippen molar-refractivity contribution < 1.29 is 38.1 Å². The van der Waals surface area contributed by atoms with Crippen LogP contribution < -0.4 is 19.5 Å². The van der Waals surface area contributed by atoms with Gasteiger partial charge in [-0.05, 0) is 42.8 Å². The zero-order chi connectivity index (χ0) is 22.8. The van der Waals surface area contributed by atoms with Gasteiger partial charge in [0, 0.05) is 5.69 Å². The van der Waals surface area contributed by atoms with Gasteiger partial charge in [-0.1, -0.05) is 6.92 Å². The van der Waals surface area contributed by atoms with Crippen molar-refractivity contribution in [3.63, 3.8) is 0 Å². The lowest BCUT2D eigenvalue weighted by Crippen LogP contribution is -2.21. The molecule has 0 bridgehead atoms. The Hall–Kier alpha value is -3.75. The van der Waals surface area contributed by atoms with Crippen LogP contribution in [-0.4, -0.2) is 52.4 Å². The SMILES string of the molecule is CCCOC(=O)c1ccc(NC(=O)COC(=O)c2ccc(OC)c(OC)c2OC)cc1. The first-order valence-electron chi connectivity index (χ1n) is 9.48. The van der Waals surface area contributed by atoms with E-state index >= 15 is 0 Å². The molecule has 1 N–H and O–H groups in total. The lowest BCUT2D eigenvalue weighted by molar-refractivity contribution is -0.119. The maximum atomic E-state index is 12.4. The summed E-state index contributed by atoms with van der Waals surface area (Å²) in [6.45, 7) is 1.73. The summed E-state index contributed by atoms with van der Waals surface area (Å²) in [7, 11) is 4.25. The Labute approximate surface area is 180 Å². The number of carbonyl (C=O) groups excluding carboxylic acids is 3. The van der Waals surface area contributed by atoms with Crippen molar-refractivity contribution in [1.29, 1.82) is 0 Å². The number of benzene rings is 2. The van der Waals surface area contributed by atoms with Gasteiger partial charge in [-0.3, -0.25) is 4.79 Å². The summed E-state index contributed by atoms with van der Waals surface area (Å²) in [5.41, 5.74) is 0.901. The average Bonchev–Trinajstić information content (AvgIpc) is 2.80. The first-order chi connectivity index (χ1) is 14.9. The van der Waals surface area contributed by atoms with Crippen LogP contribution in [0.2, 0.25) is 0 Å². The van der Waals surface area contributed by atoms with Crippen LogP contribution >= 0.6 is 0 Å². The molecule has 9 heteroatoms. The van der Waals surface area contributed by atoms with Crippen LogP contribution in [0.1, 0.15) is 34.1 Å². The highest BCUT2D eigenvalue weighted by atomic mass is 16.5. The molecule has 31 heavy (non-hydrogen) atoms. The fourth-order valence-corrected chi connectivity index (χ4v) is 2.64. The number of nitrogens with one attached hydrogen (secondary N) is 1. The first-order valence-corrected chi connectivity index (χ1v) is 9.48. The molecular formula is C22H25NO8. The minimum Gasteiger partial charge on any atom is -0.493 e. The van der Waals surface area contributed by atoms with Gasteiger partial charge in [0.2, 0.25) is 5.75 Å². The van der Waals surface area contributed by atoms with E-state index in [2.05, 4.69) is 5.32 Å². The van der Waals surface area contributed by atoms with E-state index in [0.717, 1.165) is 6.42 Å². The molecular weight excluding hydrogens is 406 g/mol. The molecule has 0 heterocycles. The Morgan fingerprint density at radius 3 is 2.06 bits per heavy atom. The van der Waals surface area contributed by atoms with Crippen molar-refractivity contribution in [3.8, 4) is 17.2 Å². The molecule has 0 aliphatic heterocycles. The fraction of sp³-hybridized carbons (Fsp3) is 0.318. The smallest absolute Gasteiger partial charge is 0.342 e. The first kappa shape index (κ1) is 23.5. The van der Waals surface area contributed by atoms with Crippen LogP contribution in [0.15, 0.2) is 36.4 Å². The minimum absolute atomic E-state index is 0.0860. The van der Waals surface area contributed by atoms with Crippen molar-refractivity contribution in [2.24, 2.45) is 0 Å². The number of methoxy groups -OCH3 is 3. The van der Waals surface area contributed by atoms with Crippen LogP contribution in [0.25, 0.3) is 0 Å². The second-order valence-electron chi connectivity index (χ2n) is 6.22. The largest absolute Gasteiger partial charge is 0.493 e. The van der Waals surface area contributed by atoms with Gasteiger partial charge in [-0.2, -0.15) is 0 Å². The van der Waals surface area contributed by atoms with E-state index in [1.54, 1.807) is 12.1 Å². The molecule has 2 aromatic rings. The highest BCUT2D eigenvalue weighted by molar-refractivity contribution is 5.98.